The Morgan fingerprint density at radius 3 is 2.32 bits per heavy atom. The predicted molar refractivity (Wildman–Crippen MR) is 82.7 cm³/mol. The van der Waals surface area contributed by atoms with Crippen molar-refractivity contribution >= 4 is 11.9 Å². The maximum atomic E-state index is 12.2. The summed E-state index contributed by atoms with van der Waals surface area (Å²) in [7, 11) is 1.40. The maximum absolute atomic E-state index is 12.2. The van der Waals surface area contributed by atoms with Gasteiger partial charge in [-0.1, -0.05) is 18.2 Å². The van der Waals surface area contributed by atoms with E-state index in [0.29, 0.717) is 25.9 Å². The number of rotatable bonds is 4. The van der Waals surface area contributed by atoms with Crippen LogP contribution in [-0.2, 0) is 14.3 Å². The Kier molecular flexibility index (Phi) is 5.41. The van der Waals surface area contributed by atoms with Crippen LogP contribution in [0.3, 0.4) is 0 Å². The molecule has 0 spiro atoms. The molecule has 0 bridgehead atoms. The number of hydrogen-bond acceptors (Lipinski definition) is 4. The van der Waals surface area contributed by atoms with E-state index < -0.39 is 0 Å². The number of amides is 1. The lowest BCUT2D eigenvalue weighted by Gasteiger charge is -2.30. The zero-order valence-electron chi connectivity index (χ0n) is 13.4. The number of esters is 1. The summed E-state index contributed by atoms with van der Waals surface area (Å²) in [6.07, 6.45) is 1.31. The predicted octanol–water partition coefficient (Wildman–Crippen LogP) is 2.09. The summed E-state index contributed by atoms with van der Waals surface area (Å²) in [6.45, 7) is 5.13. The Balaban J connectivity index is 1.85. The van der Waals surface area contributed by atoms with E-state index in [4.69, 9.17) is 9.47 Å². The molecule has 1 heterocycles. The standard InChI is InChI=1S/C17H23NO4/c1-12-5-4-6-13(2)16(12)22-11-15(19)18-9-7-14(8-10-18)17(20)21-3/h4-6,14H,7-11H2,1-3H3. The molecule has 1 aliphatic heterocycles. The molecule has 0 aromatic heterocycles. The molecule has 0 radical (unpaired) electrons. The molecule has 0 N–H and O–H groups in total. The van der Waals surface area contributed by atoms with Gasteiger partial charge in [0.2, 0.25) is 0 Å². The van der Waals surface area contributed by atoms with Crippen LogP contribution >= 0.6 is 0 Å². The van der Waals surface area contributed by atoms with Gasteiger partial charge in [-0.2, -0.15) is 0 Å². The van der Waals surface area contributed by atoms with Crippen LogP contribution in [0.4, 0.5) is 0 Å². The lowest BCUT2D eigenvalue weighted by Crippen LogP contribution is -2.42. The normalized spacial score (nSPS) is 15.5. The number of carbonyl (C=O) groups is 2. The third kappa shape index (κ3) is 3.78. The average Bonchev–Trinajstić information content (AvgIpc) is 2.53. The fourth-order valence-electron chi connectivity index (χ4n) is 2.78. The second-order valence-electron chi connectivity index (χ2n) is 5.69. The topological polar surface area (TPSA) is 55.8 Å². The van der Waals surface area contributed by atoms with Crippen LogP contribution in [0.15, 0.2) is 18.2 Å². The Morgan fingerprint density at radius 1 is 1.18 bits per heavy atom. The first kappa shape index (κ1) is 16.3. The lowest BCUT2D eigenvalue weighted by atomic mass is 9.97. The van der Waals surface area contributed by atoms with Crippen LogP contribution < -0.4 is 4.74 Å². The van der Waals surface area contributed by atoms with E-state index in [0.717, 1.165) is 16.9 Å². The molecular weight excluding hydrogens is 282 g/mol. The third-order valence-electron chi connectivity index (χ3n) is 4.13. The van der Waals surface area contributed by atoms with Gasteiger partial charge in [0, 0.05) is 13.1 Å². The first-order chi connectivity index (χ1) is 10.5. The van der Waals surface area contributed by atoms with E-state index >= 15 is 0 Å². The van der Waals surface area contributed by atoms with Crippen LogP contribution in [0, 0.1) is 19.8 Å². The smallest absolute Gasteiger partial charge is 0.308 e. The van der Waals surface area contributed by atoms with Gasteiger partial charge in [0.25, 0.3) is 5.91 Å². The highest BCUT2D eigenvalue weighted by atomic mass is 16.5. The van der Waals surface area contributed by atoms with Crippen molar-refractivity contribution in [2.75, 3.05) is 26.8 Å². The molecule has 1 fully saturated rings. The van der Waals surface area contributed by atoms with E-state index in [9.17, 15) is 9.59 Å². The van der Waals surface area contributed by atoms with Crippen LogP contribution in [0.2, 0.25) is 0 Å². The van der Waals surface area contributed by atoms with Crippen molar-refractivity contribution in [2.24, 2.45) is 5.92 Å². The number of piperidine rings is 1. The van der Waals surface area contributed by atoms with Gasteiger partial charge >= 0.3 is 5.97 Å². The van der Waals surface area contributed by atoms with Crippen molar-refractivity contribution < 1.29 is 19.1 Å². The highest BCUT2D eigenvalue weighted by molar-refractivity contribution is 5.78. The molecule has 5 nitrogen and oxygen atoms in total. The van der Waals surface area contributed by atoms with Crippen LogP contribution in [-0.4, -0.2) is 43.6 Å². The Labute approximate surface area is 131 Å². The van der Waals surface area contributed by atoms with Crippen LogP contribution in [0.5, 0.6) is 5.75 Å². The number of carbonyl (C=O) groups excluding carboxylic acids is 2. The number of hydrogen-bond donors (Lipinski definition) is 0. The molecule has 0 aliphatic carbocycles. The zero-order chi connectivity index (χ0) is 16.1. The van der Waals surface area contributed by atoms with Gasteiger partial charge in [-0.3, -0.25) is 9.59 Å². The van der Waals surface area contributed by atoms with Gasteiger partial charge in [-0.15, -0.1) is 0 Å². The summed E-state index contributed by atoms with van der Waals surface area (Å²) in [5, 5.41) is 0. The number of nitrogens with zero attached hydrogens (tertiary/aromatic N) is 1. The van der Waals surface area contributed by atoms with Crippen molar-refractivity contribution in [1.82, 2.24) is 4.90 Å². The van der Waals surface area contributed by atoms with Crippen molar-refractivity contribution in [2.45, 2.75) is 26.7 Å². The van der Waals surface area contributed by atoms with Crippen molar-refractivity contribution in [1.29, 1.82) is 0 Å². The minimum absolute atomic E-state index is 0.0361. The molecule has 2 rings (SSSR count). The number of likely N-dealkylation sites (tertiary alicyclic amines) is 1. The molecule has 1 aromatic carbocycles. The first-order valence-electron chi connectivity index (χ1n) is 7.57. The van der Waals surface area contributed by atoms with Gasteiger partial charge < -0.3 is 14.4 Å². The number of ether oxygens (including phenoxy) is 2. The van der Waals surface area contributed by atoms with Gasteiger partial charge in [0.05, 0.1) is 13.0 Å². The monoisotopic (exact) mass is 305 g/mol. The second kappa shape index (κ2) is 7.29. The maximum Gasteiger partial charge on any atom is 0.308 e. The number of benzene rings is 1. The Hall–Kier alpha value is -2.04. The van der Waals surface area contributed by atoms with Gasteiger partial charge in [0.1, 0.15) is 5.75 Å². The summed E-state index contributed by atoms with van der Waals surface area (Å²) in [6, 6.07) is 5.90. The largest absolute Gasteiger partial charge is 0.483 e. The van der Waals surface area contributed by atoms with Crippen molar-refractivity contribution in [3.63, 3.8) is 0 Å². The Morgan fingerprint density at radius 2 is 1.77 bits per heavy atom. The van der Waals surface area contributed by atoms with Crippen LogP contribution in [0.25, 0.3) is 0 Å². The molecule has 5 heteroatoms. The van der Waals surface area contributed by atoms with Crippen molar-refractivity contribution in [3.8, 4) is 5.75 Å². The summed E-state index contributed by atoms with van der Waals surface area (Å²) in [5.41, 5.74) is 2.05. The van der Waals surface area contributed by atoms with Gasteiger partial charge in [-0.25, -0.2) is 0 Å². The average molecular weight is 305 g/mol. The number of methoxy groups -OCH3 is 1. The minimum Gasteiger partial charge on any atom is -0.483 e. The van der Waals surface area contributed by atoms with Gasteiger partial charge in [-0.05, 0) is 37.8 Å². The minimum atomic E-state index is -0.182. The summed E-state index contributed by atoms with van der Waals surface area (Å²) in [4.78, 5) is 25.5. The molecule has 1 aromatic rings. The Bertz CT molecular complexity index is 527. The first-order valence-corrected chi connectivity index (χ1v) is 7.57. The highest BCUT2D eigenvalue weighted by Crippen LogP contribution is 2.23. The van der Waals surface area contributed by atoms with E-state index in [-0.39, 0.29) is 24.4 Å². The molecular formula is C17H23NO4. The quantitative estimate of drug-likeness (QED) is 0.799. The molecule has 0 atom stereocenters. The molecule has 1 saturated heterocycles. The molecule has 0 saturated carbocycles. The molecule has 1 amide bonds. The third-order valence-corrected chi connectivity index (χ3v) is 4.13. The fraction of sp³-hybridized carbons (Fsp3) is 0.529. The fourth-order valence-corrected chi connectivity index (χ4v) is 2.78. The molecule has 120 valence electrons. The second-order valence-corrected chi connectivity index (χ2v) is 5.69. The van der Waals surface area contributed by atoms with E-state index in [2.05, 4.69) is 0 Å². The van der Waals surface area contributed by atoms with Crippen molar-refractivity contribution in [3.05, 3.63) is 29.3 Å². The van der Waals surface area contributed by atoms with E-state index in [1.807, 2.05) is 32.0 Å². The summed E-state index contributed by atoms with van der Waals surface area (Å²) >= 11 is 0. The number of para-hydroxylation sites is 1. The molecule has 22 heavy (non-hydrogen) atoms. The van der Waals surface area contributed by atoms with E-state index in [1.165, 1.54) is 7.11 Å². The molecule has 0 unspecified atom stereocenters. The summed E-state index contributed by atoms with van der Waals surface area (Å²) in [5.74, 6) is 0.471. The lowest BCUT2D eigenvalue weighted by molar-refractivity contribution is -0.149. The summed E-state index contributed by atoms with van der Waals surface area (Å²) < 4.78 is 10.4. The highest BCUT2D eigenvalue weighted by Gasteiger charge is 2.28. The molecule has 1 aliphatic rings. The SMILES string of the molecule is COC(=O)C1CCN(C(=O)COc2c(C)cccc2C)CC1. The van der Waals surface area contributed by atoms with E-state index in [1.54, 1.807) is 4.90 Å². The van der Waals surface area contributed by atoms with Crippen LogP contribution in [0.1, 0.15) is 24.0 Å². The zero-order valence-corrected chi connectivity index (χ0v) is 13.4. The van der Waals surface area contributed by atoms with Gasteiger partial charge in [0.15, 0.2) is 6.61 Å². The number of aryl methyl sites for hydroxylation is 2.